The Hall–Kier alpha value is -2.71. The van der Waals surface area contributed by atoms with Gasteiger partial charge in [0, 0.05) is 42.4 Å². The van der Waals surface area contributed by atoms with Crippen molar-refractivity contribution in [3.63, 3.8) is 0 Å². The summed E-state index contributed by atoms with van der Waals surface area (Å²) in [4.78, 5) is 54.7. The largest absolute Gasteiger partial charge is 0.457 e. The van der Waals surface area contributed by atoms with Gasteiger partial charge in [0.1, 0.15) is 17.1 Å². The molecule has 1 heterocycles. The molecule has 7 nitrogen and oxygen atoms in total. The molecule has 1 saturated heterocycles. The number of benzene rings is 1. The van der Waals surface area contributed by atoms with Crippen LogP contribution in [0, 0.1) is 29.1 Å². The van der Waals surface area contributed by atoms with Gasteiger partial charge >= 0.3 is 5.97 Å². The SMILES string of the molecule is C=C1[C@@H](C)[C@H]2[C@H](Cc3ccccc3)NC(=O)C23C(=O)CC(SCC)[C@@](C)(O)C(=O)[C@@H](C)C/C=C/[C@H]3[C@@H]1OC(C)=O. The van der Waals surface area contributed by atoms with Crippen LogP contribution in [0.5, 0.6) is 0 Å². The fourth-order valence-electron chi connectivity index (χ4n) is 7.20. The van der Waals surface area contributed by atoms with Crippen molar-refractivity contribution < 1.29 is 29.0 Å². The smallest absolute Gasteiger partial charge is 0.303 e. The van der Waals surface area contributed by atoms with Crippen LogP contribution >= 0.6 is 11.8 Å². The van der Waals surface area contributed by atoms with E-state index in [1.165, 1.54) is 25.6 Å². The van der Waals surface area contributed by atoms with Gasteiger partial charge in [0.2, 0.25) is 5.91 Å². The molecule has 2 fully saturated rings. The predicted molar refractivity (Wildman–Crippen MR) is 155 cm³/mol. The zero-order chi connectivity index (χ0) is 29.4. The maximum atomic E-state index is 14.7. The summed E-state index contributed by atoms with van der Waals surface area (Å²) in [5.41, 5.74) is -1.62. The Bertz CT molecular complexity index is 1210. The quantitative estimate of drug-likeness (QED) is 0.313. The normalized spacial score (nSPS) is 39.0. The maximum absolute atomic E-state index is 14.7. The Morgan fingerprint density at radius 3 is 2.50 bits per heavy atom. The van der Waals surface area contributed by atoms with E-state index in [0.29, 0.717) is 24.2 Å². The predicted octanol–water partition coefficient (Wildman–Crippen LogP) is 4.08. The van der Waals surface area contributed by atoms with Gasteiger partial charge in [-0.1, -0.05) is 69.8 Å². The van der Waals surface area contributed by atoms with Gasteiger partial charge in [0.05, 0.1) is 0 Å². The van der Waals surface area contributed by atoms with Gasteiger partial charge in [-0.15, -0.1) is 0 Å². The Labute approximate surface area is 241 Å². The molecule has 8 heteroatoms. The van der Waals surface area contributed by atoms with Crippen molar-refractivity contribution in [2.45, 2.75) is 76.9 Å². The molecule has 0 radical (unpaired) electrons. The summed E-state index contributed by atoms with van der Waals surface area (Å²) in [6.07, 6.45) is 3.37. The zero-order valence-corrected chi connectivity index (χ0v) is 24.8. The second-order valence-electron chi connectivity index (χ2n) is 11.7. The highest BCUT2D eigenvalue weighted by Gasteiger charge is 2.69. The maximum Gasteiger partial charge on any atom is 0.303 e. The molecule has 1 aromatic rings. The molecule has 2 aliphatic carbocycles. The number of carbonyl (C=O) groups is 4. The molecule has 40 heavy (non-hydrogen) atoms. The molecule has 2 N–H and O–H groups in total. The van der Waals surface area contributed by atoms with E-state index in [1.54, 1.807) is 19.1 Å². The van der Waals surface area contributed by atoms with Gasteiger partial charge in [0.25, 0.3) is 0 Å². The van der Waals surface area contributed by atoms with E-state index in [4.69, 9.17) is 4.74 Å². The monoisotopic (exact) mass is 567 g/mol. The van der Waals surface area contributed by atoms with Crippen LogP contribution in [0.15, 0.2) is 54.6 Å². The first-order valence-electron chi connectivity index (χ1n) is 14.2. The van der Waals surface area contributed by atoms with E-state index in [1.807, 2.05) is 44.2 Å². The molecule has 4 rings (SSSR count). The van der Waals surface area contributed by atoms with Crippen molar-refractivity contribution in [1.82, 2.24) is 5.32 Å². The van der Waals surface area contributed by atoms with Crippen LogP contribution in [0.1, 0.15) is 53.0 Å². The van der Waals surface area contributed by atoms with E-state index in [-0.39, 0.29) is 29.9 Å². The number of thioether (sulfide) groups is 1. The van der Waals surface area contributed by atoms with Gasteiger partial charge in [-0.25, -0.2) is 0 Å². The van der Waals surface area contributed by atoms with Crippen LogP contribution in [0.4, 0.5) is 0 Å². The van der Waals surface area contributed by atoms with Crippen molar-refractivity contribution in [2.24, 2.45) is 29.1 Å². The molecule has 216 valence electrons. The van der Waals surface area contributed by atoms with Crippen molar-refractivity contribution in [1.29, 1.82) is 0 Å². The average molecular weight is 568 g/mol. The van der Waals surface area contributed by atoms with Gasteiger partial charge in [-0.05, 0) is 42.6 Å². The molecular weight excluding hydrogens is 526 g/mol. The number of carbonyl (C=O) groups excluding carboxylic acids is 4. The second-order valence-corrected chi connectivity index (χ2v) is 13.2. The molecule has 1 spiro atoms. The molecule has 1 amide bonds. The third-order valence-corrected chi connectivity index (χ3v) is 10.6. The number of hydrogen-bond acceptors (Lipinski definition) is 7. The summed E-state index contributed by atoms with van der Waals surface area (Å²) < 4.78 is 5.82. The molecule has 1 aromatic carbocycles. The van der Waals surface area contributed by atoms with Crippen LogP contribution in [0.25, 0.3) is 0 Å². The lowest BCUT2D eigenvalue weighted by atomic mass is 9.51. The minimum atomic E-state index is -1.76. The van der Waals surface area contributed by atoms with E-state index < -0.39 is 52.0 Å². The fourth-order valence-corrected chi connectivity index (χ4v) is 8.31. The summed E-state index contributed by atoms with van der Waals surface area (Å²) in [6, 6.07) is 9.45. The number of Topliss-reactive ketones (excluding diaryl/α,β-unsaturated/α-hetero) is 2. The molecule has 1 saturated carbocycles. The van der Waals surface area contributed by atoms with Gasteiger partial charge in [-0.2, -0.15) is 11.8 Å². The topological polar surface area (TPSA) is 110 Å². The average Bonchev–Trinajstić information content (AvgIpc) is 3.19. The second kappa shape index (κ2) is 11.6. The molecule has 0 aromatic heterocycles. The summed E-state index contributed by atoms with van der Waals surface area (Å²) in [5.74, 6) is -3.10. The Morgan fingerprint density at radius 1 is 1.20 bits per heavy atom. The highest BCUT2D eigenvalue weighted by molar-refractivity contribution is 8.00. The number of ketones is 2. The summed E-state index contributed by atoms with van der Waals surface area (Å²) in [5, 5.41) is 13.9. The van der Waals surface area contributed by atoms with Gasteiger partial charge in [-0.3, -0.25) is 19.2 Å². The van der Waals surface area contributed by atoms with Crippen LogP contribution in [-0.4, -0.2) is 57.3 Å². The molecule has 9 atom stereocenters. The molecule has 0 bridgehead atoms. The van der Waals surface area contributed by atoms with Gasteiger partial charge < -0.3 is 15.2 Å². The van der Waals surface area contributed by atoms with Crippen LogP contribution in [0.2, 0.25) is 0 Å². The van der Waals surface area contributed by atoms with Crippen molar-refractivity contribution >= 4 is 35.2 Å². The van der Waals surface area contributed by atoms with Crippen LogP contribution in [0.3, 0.4) is 0 Å². The lowest BCUT2D eigenvalue weighted by Crippen LogP contribution is -2.60. The van der Waals surface area contributed by atoms with E-state index in [9.17, 15) is 24.3 Å². The first-order chi connectivity index (χ1) is 18.9. The number of nitrogens with one attached hydrogen (secondary N) is 1. The Balaban J connectivity index is 1.92. The van der Waals surface area contributed by atoms with Crippen molar-refractivity contribution in [3.05, 3.63) is 60.2 Å². The number of allylic oxidation sites excluding steroid dienone is 1. The number of aliphatic hydroxyl groups is 1. The summed E-state index contributed by atoms with van der Waals surface area (Å²) in [6.45, 7) is 12.7. The lowest BCUT2D eigenvalue weighted by molar-refractivity contribution is -0.163. The first kappa shape index (κ1) is 30.3. The number of rotatable bonds is 5. The number of hydrogen-bond donors (Lipinski definition) is 2. The minimum absolute atomic E-state index is 0.164. The van der Waals surface area contributed by atoms with Crippen molar-refractivity contribution in [3.8, 4) is 0 Å². The lowest BCUT2D eigenvalue weighted by Gasteiger charge is -2.50. The molecular formula is C32H41NO6S. The Morgan fingerprint density at radius 2 is 1.88 bits per heavy atom. The highest BCUT2D eigenvalue weighted by Crippen LogP contribution is 2.58. The third-order valence-electron chi connectivity index (χ3n) is 9.19. The fraction of sp³-hybridized carbons (Fsp3) is 0.562. The number of esters is 1. The van der Waals surface area contributed by atoms with E-state index in [0.717, 1.165) is 5.56 Å². The molecule has 3 aliphatic rings. The summed E-state index contributed by atoms with van der Waals surface area (Å²) in [7, 11) is 0. The van der Waals surface area contributed by atoms with Crippen LogP contribution in [-0.2, 0) is 30.3 Å². The zero-order valence-electron chi connectivity index (χ0n) is 24.0. The van der Waals surface area contributed by atoms with E-state index >= 15 is 0 Å². The molecule has 1 aliphatic heterocycles. The third kappa shape index (κ3) is 5.09. The van der Waals surface area contributed by atoms with Crippen molar-refractivity contribution in [2.75, 3.05) is 5.75 Å². The Kier molecular flexibility index (Phi) is 8.81. The van der Waals surface area contributed by atoms with E-state index in [2.05, 4.69) is 11.9 Å². The number of amides is 1. The number of ether oxygens (including phenoxy) is 1. The van der Waals surface area contributed by atoms with Gasteiger partial charge in [0.15, 0.2) is 11.6 Å². The minimum Gasteiger partial charge on any atom is -0.457 e. The summed E-state index contributed by atoms with van der Waals surface area (Å²) >= 11 is 1.36. The molecule has 2 unspecified atom stereocenters. The highest BCUT2D eigenvalue weighted by atomic mass is 32.2. The van der Waals surface area contributed by atoms with Crippen LogP contribution < -0.4 is 5.32 Å². The standard InChI is InChI=1S/C32H41NO6S/c1-7-40-26-17-25(35)32-23(15-11-12-18(2)29(36)31(26,6)38)28(39-21(5)34)20(4)19(3)27(32)24(33-30(32)37)16-22-13-9-8-10-14-22/h8-11,13-15,18-19,23-24,26-28,38H,4,7,12,16-17H2,1-3,5-6H3,(H,33,37)/b15-11+/t18-,19+,23-,24-,26?,27-,28+,31+,32?/m0/s1. The first-order valence-corrected chi connectivity index (χ1v) is 15.2.